The van der Waals surface area contributed by atoms with Gasteiger partial charge in [-0.1, -0.05) is 17.7 Å². The molecule has 5 heteroatoms. The van der Waals surface area contributed by atoms with Gasteiger partial charge in [-0.25, -0.2) is 4.39 Å². The molecule has 0 unspecified atom stereocenters. The molecule has 1 fully saturated rings. The van der Waals surface area contributed by atoms with Crippen LogP contribution in [0, 0.1) is 5.82 Å². The molecule has 1 aromatic carbocycles. The number of hydrogen-bond acceptors (Lipinski definition) is 2. The van der Waals surface area contributed by atoms with Gasteiger partial charge in [0, 0.05) is 0 Å². The number of halogens is 2. The first-order valence-electron chi connectivity index (χ1n) is 4.35. The largest absolute Gasteiger partial charge is 0.301 e. The van der Waals surface area contributed by atoms with E-state index < -0.39 is 11.7 Å². The summed E-state index contributed by atoms with van der Waals surface area (Å²) in [7, 11) is 0. The summed E-state index contributed by atoms with van der Waals surface area (Å²) in [6, 6.07) is 4.14. The monoisotopic (exact) mass is 227 g/mol. The Balaban J connectivity index is 2.46. The standard InChI is InChI=1S/C10H7ClFNO2/c11-7-2-1-3-8(12)10(7)13-5-6(14)4-9(13)15/h1-3H,4-5H2. The molecule has 1 aromatic rings. The van der Waals surface area contributed by atoms with Crippen LogP contribution in [0.4, 0.5) is 10.1 Å². The van der Waals surface area contributed by atoms with E-state index in [4.69, 9.17) is 11.6 Å². The molecule has 1 saturated heterocycles. The number of nitrogens with zero attached hydrogens (tertiary/aromatic N) is 1. The number of Topliss-reactive ketones (excluding diaryl/α,β-unsaturated/α-hetero) is 1. The second-order valence-electron chi connectivity index (χ2n) is 3.27. The predicted molar refractivity (Wildman–Crippen MR) is 53.4 cm³/mol. The molecule has 15 heavy (non-hydrogen) atoms. The highest BCUT2D eigenvalue weighted by Crippen LogP contribution is 2.30. The zero-order valence-electron chi connectivity index (χ0n) is 7.67. The fourth-order valence-electron chi connectivity index (χ4n) is 1.54. The van der Waals surface area contributed by atoms with Crippen LogP contribution in [0.15, 0.2) is 18.2 Å². The van der Waals surface area contributed by atoms with Crippen molar-refractivity contribution in [1.82, 2.24) is 0 Å². The molecule has 1 aliphatic rings. The normalized spacial score (nSPS) is 16.3. The van der Waals surface area contributed by atoms with Gasteiger partial charge in [-0.3, -0.25) is 9.59 Å². The Morgan fingerprint density at radius 3 is 2.60 bits per heavy atom. The lowest BCUT2D eigenvalue weighted by Crippen LogP contribution is -2.25. The van der Waals surface area contributed by atoms with Crippen LogP contribution in [-0.4, -0.2) is 18.2 Å². The summed E-state index contributed by atoms with van der Waals surface area (Å²) in [5, 5.41) is 0.137. The van der Waals surface area contributed by atoms with E-state index in [-0.39, 0.29) is 29.5 Å². The van der Waals surface area contributed by atoms with Crippen molar-refractivity contribution >= 4 is 29.0 Å². The van der Waals surface area contributed by atoms with Crippen molar-refractivity contribution in [2.75, 3.05) is 11.4 Å². The van der Waals surface area contributed by atoms with Crippen LogP contribution >= 0.6 is 11.6 Å². The molecule has 0 spiro atoms. The van der Waals surface area contributed by atoms with Crippen molar-refractivity contribution in [2.45, 2.75) is 6.42 Å². The topological polar surface area (TPSA) is 37.4 Å². The number of anilines is 1. The van der Waals surface area contributed by atoms with E-state index in [9.17, 15) is 14.0 Å². The molecule has 0 aliphatic carbocycles. The van der Waals surface area contributed by atoms with Crippen LogP contribution in [-0.2, 0) is 9.59 Å². The molecule has 0 atom stereocenters. The summed E-state index contributed by atoms with van der Waals surface area (Å²) in [4.78, 5) is 23.5. The number of carbonyl (C=O) groups is 2. The second kappa shape index (κ2) is 3.62. The molecule has 0 bridgehead atoms. The van der Waals surface area contributed by atoms with Crippen molar-refractivity contribution in [3.63, 3.8) is 0 Å². The molecular weight excluding hydrogens is 221 g/mol. The lowest BCUT2D eigenvalue weighted by molar-refractivity contribution is -0.121. The van der Waals surface area contributed by atoms with Crippen LogP contribution < -0.4 is 4.90 Å². The average Bonchev–Trinajstić information content (AvgIpc) is 2.45. The second-order valence-corrected chi connectivity index (χ2v) is 3.67. The first kappa shape index (κ1) is 10.1. The number of rotatable bonds is 1. The number of benzene rings is 1. The van der Waals surface area contributed by atoms with E-state index in [0.29, 0.717) is 0 Å². The fourth-order valence-corrected chi connectivity index (χ4v) is 1.80. The molecule has 0 saturated carbocycles. The first-order valence-corrected chi connectivity index (χ1v) is 4.73. The van der Waals surface area contributed by atoms with Crippen molar-refractivity contribution in [1.29, 1.82) is 0 Å². The minimum Gasteiger partial charge on any atom is -0.301 e. The highest BCUT2D eigenvalue weighted by Gasteiger charge is 2.31. The van der Waals surface area contributed by atoms with E-state index in [1.807, 2.05) is 0 Å². The van der Waals surface area contributed by atoms with Gasteiger partial charge in [-0.05, 0) is 12.1 Å². The molecule has 2 rings (SSSR count). The Hall–Kier alpha value is -1.42. The molecule has 1 heterocycles. The molecule has 1 amide bonds. The zero-order chi connectivity index (χ0) is 11.0. The number of carbonyl (C=O) groups excluding carboxylic acids is 2. The van der Waals surface area contributed by atoms with Crippen molar-refractivity contribution in [3.8, 4) is 0 Å². The average molecular weight is 228 g/mol. The molecule has 0 aromatic heterocycles. The van der Waals surface area contributed by atoms with Crippen LogP contribution in [0.25, 0.3) is 0 Å². The molecule has 3 nitrogen and oxygen atoms in total. The quantitative estimate of drug-likeness (QED) is 0.686. The SMILES string of the molecule is O=C1CC(=O)N(c2c(F)cccc2Cl)C1. The summed E-state index contributed by atoms with van der Waals surface area (Å²) < 4.78 is 13.4. The van der Waals surface area contributed by atoms with E-state index in [2.05, 4.69) is 0 Å². The van der Waals surface area contributed by atoms with Gasteiger partial charge in [0.15, 0.2) is 5.78 Å². The number of hydrogen-bond donors (Lipinski definition) is 0. The molecule has 78 valence electrons. The number of amides is 1. The highest BCUT2D eigenvalue weighted by atomic mass is 35.5. The fraction of sp³-hybridized carbons (Fsp3) is 0.200. The summed E-state index contributed by atoms with van der Waals surface area (Å²) in [6.45, 7) is -0.0977. The van der Waals surface area contributed by atoms with Gasteiger partial charge in [0.2, 0.25) is 5.91 Å². The number of ketones is 1. The van der Waals surface area contributed by atoms with Crippen LogP contribution in [0.2, 0.25) is 5.02 Å². The zero-order valence-corrected chi connectivity index (χ0v) is 8.42. The molecule has 0 radical (unpaired) electrons. The van der Waals surface area contributed by atoms with Crippen LogP contribution in [0.3, 0.4) is 0 Å². The summed E-state index contributed by atoms with van der Waals surface area (Å²) >= 11 is 5.78. The third-order valence-electron chi connectivity index (χ3n) is 2.19. The van der Waals surface area contributed by atoms with Gasteiger partial charge in [0.1, 0.15) is 5.82 Å². The summed E-state index contributed by atoms with van der Waals surface area (Å²) in [6.07, 6.45) is -0.176. The van der Waals surface area contributed by atoms with Gasteiger partial charge in [0.25, 0.3) is 0 Å². The van der Waals surface area contributed by atoms with Crippen molar-refractivity contribution in [3.05, 3.63) is 29.0 Å². The predicted octanol–water partition coefficient (Wildman–Crippen LogP) is 1.78. The maximum atomic E-state index is 13.4. The van der Waals surface area contributed by atoms with E-state index in [1.54, 1.807) is 0 Å². The van der Waals surface area contributed by atoms with Gasteiger partial charge in [-0.15, -0.1) is 0 Å². The van der Waals surface area contributed by atoms with E-state index in [0.717, 1.165) is 4.90 Å². The Morgan fingerprint density at radius 2 is 2.07 bits per heavy atom. The molecule has 1 aliphatic heterocycles. The summed E-state index contributed by atoms with van der Waals surface area (Å²) in [5.74, 6) is -1.23. The lowest BCUT2D eigenvalue weighted by atomic mass is 10.3. The minimum absolute atomic E-state index is 0.00461. The Labute approximate surface area is 90.4 Å². The Bertz CT molecular complexity index is 427. The van der Waals surface area contributed by atoms with Crippen LogP contribution in [0.1, 0.15) is 6.42 Å². The third-order valence-corrected chi connectivity index (χ3v) is 2.50. The number of para-hydroxylation sites is 1. The third kappa shape index (κ3) is 1.72. The Kier molecular flexibility index (Phi) is 2.44. The lowest BCUT2D eigenvalue weighted by Gasteiger charge is -2.16. The van der Waals surface area contributed by atoms with E-state index in [1.165, 1.54) is 18.2 Å². The van der Waals surface area contributed by atoms with E-state index >= 15 is 0 Å². The van der Waals surface area contributed by atoms with Gasteiger partial charge >= 0.3 is 0 Å². The first-order chi connectivity index (χ1) is 7.09. The van der Waals surface area contributed by atoms with Gasteiger partial charge in [0.05, 0.1) is 23.7 Å². The van der Waals surface area contributed by atoms with Gasteiger partial charge in [-0.2, -0.15) is 0 Å². The highest BCUT2D eigenvalue weighted by molar-refractivity contribution is 6.34. The molecular formula is C10H7ClFNO2. The van der Waals surface area contributed by atoms with Crippen molar-refractivity contribution in [2.24, 2.45) is 0 Å². The van der Waals surface area contributed by atoms with Crippen molar-refractivity contribution < 1.29 is 14.0 Å². The smallest absolute Gasteiger partial charge is 0.235 e. The Morgan fingerprint density at radius 1 is 1.33 bits per heavy atom. The maximum Gasteiger partial charge on any atom is 0.235 e. The summed E-state index contributed by atoms with van der Waals surface area (Å²) in [5.41, 5.74) is -0.00461. The maximum absolute atomic E-state index is 13.4. The minimum atomic E-state index is -0.592. The van der Waals surface area contributed by atoms with Crippen LogP contribution in [0.5, 0.6) is 0 Å². The molecule has 0 N–H and O–H groups in total. The van der Waals surface area contributed by atoms with Gasteiger partial charge < -0.3 is 4.90 Å².